The normalized spacial score (nSPS) is 57.8. The summed E-state index contributed by atoms with van der Waals surface area (Å²) in [7, 11) is 0. The van der Waals surface area contributed by atoms with Crippen molar-refractivity contribution >= 4 is 0 Å². The van der Waals surface area contributed by atoms with Crippen LogP contribution in [0.5, 0.6) is 0 Å². The second kappa shape index (κ2) is 6.15. The molecule has 4 fully saturated rings. The van der Waals surface area contributed by atoms with Crippen LogP contribution < -0.4 is 0 Å². The molecule has 150 valence electrons. The summed E-state index contributed by atoms with van der Waals surface area (Å²) in [6.07, 6.45) is 4.70. The topological polar surface area (TPSA) is 101 Å². The van der Waals surface area contributed by atoms with Gasteiger partial charge in [-0.2, -0.15) is 0 Å². The number of aliphatic hydroxyl groups is 5. The van der Waals surface area contributed by atoms with Crippen LogP contribution in [0.1, 0.15) is 65.2 Å². The van der Waals surface area contributed by atoms with E-state index in [1.165, 1.54) is 0 Å². The molecular weight excluding hydrogens is 332 g/mol. The van der Waals surface area contributed by atoms with Gasteiger partial charge in [0.2, 0.25) is 0 Å². The third-order valence-corrected chi connectivity index (χ3v) is 9.51. The van der Waals surface area contributed by atoms with Gasteiger partial charge in [-0.1, -0.05) is 13.8 Å². The molecule has 5 nitrogen and oxygen atoms in total. The molecule has 0 aromatic heterocycles. The van der Waals surface area contributed by atoms with Gasteiger partial charge in [-0.15, -0.1) is 0 Å². The minimum absolute atomic E-state index is 0.0548. The highest BCUT2D eigenvalue weighted by atomic mass is 16.4. The lowest BCUT2D eigenvalue weighted by Gasteiger charge is -2.63. The first-order chi connectivity index (χ1) is 12.2. The summed E-state index contributed by atoms with van der Waals surface area (Å²) in [4.78, 5) is 0. The zero-order valence-electron chi connectivity index (χ0n) is 16.1. The number of hydrogen-bond acceptors (Lipinski definition) is 5. The van der Waals surface area contributed by atoms with Crippen LogP contribution in [-0.4, -0.2) is 56.1 Å². The maximum Gasteiger partial charge on any atom is 0.106 e. The second-order valence-electron chi connectivity index (χ2n) is 10.4. The molecule has 5 N–H and O–H groups in total. The van der Waals surface area contributed by atoms with E-state index in [0.717, 1.165) is 38.5 Å². The Labute approximate surface area is 156 Å². The van der Waals surface area contributed by atoms with Crippen LogP contribution in [-0.2, 0) is 0 Å². The van der Waals surface area contributed by atoms with Crippen LogP contribution in [0.25, 0.3) is 0 Å². The average molecular weight is 369 g/mol. The number of fused-ring (bicyclic) bond motifs is 5. The van der Waals surface area contributed by atoms with Gasteiger partial charge in [-0.25, -0.2) is 0 Å². The van der Waals surface area contributed by atoms with Crippen molar-refractivity contribution < 1.29 is 25.5 Å². The van der Waals surface area contributed by atoms with Crippen molar-refractivity contribution in [3.63, 3.8) is 0 Å². The second-order valence-corrected chi connectivity index (χ2v) is 10.4. The van der Waals surface area contributed by atoms with Crippen LogP contribution in [0.4, 0.5) is 0 Å². The van der Waals surface area contributed by atoms with Crippen molar-refractivity contribution in [3.05, 3.63) is 0 Å². The van der Waals surface area contributed by atoms with Gasteiger partial charge in [0.15, 0.2) is 0 Å². The van der Waals surface area contributed by atoms with Crippen molar-refractivity contribution in [1.82, 2.24) is 0 Å². The van der Waals surface area contributed by atoms with Crippen LogP contribution in [0.15, 0.2) is 0 Å². The summed E-state index contributed by atoms with van der Waals surface area (Å²) < 4.78 is 0. The highest BCUT2D eigenvalue weighted by Gasteiger charge is 2.68. The number of hydrogen-bond donors (Lipinski definition) is 5. The van der Waals surface area contributed by atoms with E-state index in [1.807, 2.05) is 6.92 Å². The smallest absolute Gasteiger partial charge is 0.106 e. The van der Waals surface area contributed by atoms with Gasteiger partial charge in [0.05, 0.1) is 24.4 Å². The molecule has 1 unspecified atom stereocenters. The quantitative estimate of drug-likeness (QED) is 0.508. The predicted octanol–water partition coefficient (Wildman–Crippen LogP) is 1.45. The van der Waals surface area contributed by atoms with Crippen molar-refractivity contribution in [1.29, 1.82) is 0 Å². The molecule has 0 aromatic rings. The molecule has 4 saturated carbocycles. The summed E-state index contributed by atoms with van der Waals surface area (Å²) in [6, 6.07) is 0. The lowest BCUT2D eigenvalue weighted by molar-refractivity contribution is -0.224. The lowest BCUT2D eigenvalue weighted by atomic mass is 9.43. The Bertz CT molecular complexity index is 555. The summed E-state index contributed by atoms with van der Waals surface area (Å²) in [5.41, 5.74) is -1.83. The SMILES string of the molecule is C[C@]12CC[C@@H](O)C[C@H]1CC[C@@H]1[C@@H]2[C@@H](O)C[C@@]2(C)[C@H]1CC[C@]2(O)C(O)CO. The fraction of sp³-hybridized carbons (Fsp3) is 1.00. The monoisotopic (exact) mass is 368 g/mol. The van der Waals surface area contributed by atoms with Gasteiger partial charge in [-0.05, 0) is 80.5 Å². The zero-order valence-corrected chi connectivity index (χ0v) is 16.1. The van der Waals surface area contributed by atoms with Crippen molar-refractivity contribution in [3.8, 4) is 0 Å². The fourth-order valence-corrected chi connectivity index (χ4v) is 8.10. The van der Waals surface area contributed by atoms with Gasteiger partial charge >= 0.3 is 0 Å². The molecule has 0 saturated heterocycles. The van der Waals surface area contributed by atoms with E-state index in [9.17, 15) is 25.5 Å². The molecule has 0 amide bonds. The molecule has 4 rings (SSSR count). The largest absolute Gasteiger partial charge is 0.394 e. The molecule has 5 heteroatoms. The lowest BCUT2D eigenvalue weighted by Crippen LogP contribution is -2.64. The van der Waals surface area contributed by atoms with E-state index in [0.29, 0.717) is 24.7 Å². The summed E-state index contributed by atoms with van der Waals surface area (Å²) in [6.45, 7) is 3.89. The highest BCUT2D eigenvalue weighted by Crippen LogP contribution is 2.68. The molecule has 0 aromatic carbocycles. The van der Waals surface area contributed by atoms with Crippen molar-refractivity contribution in [2.75, 3.05) is 6.61 Å². The highest BCUT2D eigenvalue weighted by molar-refractivity contribution is 5.17. The molecule has 4 aliphatic carbocycles. The third-order valence-electron chi connectivity index (χ3n) is 9.51. The molecule has 4 aliphatic rings. The first-order valence-corrected chi connectivity index (χ1v) is 10.5. The van der Waals surface area contributed by atoms with Gasteiger partial charge in [-0.3, -0.25) is 0 Å². The van der Waals surface area contributed by atoms with E-state index >= 15 is 0 Å². The predicted molar refractivity (Wildman–Crippen MR) is 97.2 cm³/mol. The summed E-state index contributed by atoms with van der Waals surface area (Å²) >= 11 is 0. The molecule has 26 heavy (non-hydrogen) atoms. The van der Waals surface area contributed by atoms with Gasteiger partial charge in [0, 0.05) is 5.41 Å². The standard InChI is InChI=1S/C21H36O5/c1-19-7-5-13(23)9-12(19)3-4-14-15-6-8-21(26,17(25)11-22)20(15,2)10-16(24)18(14)19/h12-18,22-26H,3-11H2,1-2H3/t12-,13-,14+,15+,16+,17?,18-,19+,20+,21+/m1/s1. The molecule has 0 bridgehead atoms. The zero-order chi connectivity index (χ0) is 18.9. The van der Waals surface area contributed by atoms with E-state index in [2.05, 4.69) is 6.92 Å². The average Bonchev–Trinajstić information content (AvgIpc) is 2.86. The fourth-order valence-electron chi connectivity index (χ4n) is 8.10. The van der Waals surface area contributed by atoms with Crippen molar-refractivity contribution in [2.45, 2.75) is 89.1 Å². The molecule has 0 aliphatic heterocycles. The van der Waals surface area contributed by atoms with Crippen LogP contribution >= 0.6 is 0 Å². The number of aliphatic hydroxyl groups excluding tert-OH is 4. The Balaban J connectivity index is 1.68. The maximum absolute atomic E-state index is 11.3. The van der Waals surface area contributed by atoms with Gasteiger partial charge in [0.25, 0.3) is 0 Å². The van der Waals surface area contributed by atoms with Crippen LogP contribution in [0.2, 0.25) is 0 Å². The Morgan fingerprint density at radius 1 is 1.04 bits per heavy atom. The summed E-state index contributed by atoms with van der Waals surface area (Å²) in [5, 5.41) is 52.5. The van der Waals surface area contributed by atoms with E-state index in [4.69, 9.17) is 0 Å². The number of rotatable bonds is 2. The first-order valence-electron chi connectivity index (χ1n) is 10.5. The van der Waals surface area contributed by atoms with E-state index in [1.54, 1.807) is 0 Å². The third kappa shape index (κ3) is 2.33. The van der Waals surface area contributed by atoms with Gasteiger partial charge < -0.3 is 25.5 Å². The summed E-state index contributed by atoms with van der Waals surface area (Å²) in [5.74, 6) is 1.29. The van der Waals surface area contributed by atoms with Crippen LogP contribution in [0, 0.1) is 34.5 Å². The molecular formula is C21H36O5. The Kier molecular flexibility index (Phi) is 4.52. The van der Waals surface area contributed by atoms with E-state index in [-0.39, 0.29) is 23.4 Å². The van der Waals surface area contributed by atoms with Gasteiger partial charge in [0.1, 0.15) is 6.10 Å². The minimum atomic E-state index is -1.32. The first kappa shape index (κ1) is 19.1. The Morgan fingerprint density at radius 2 is 1.77 bits per heavy atom. The van der Waals surface area contributed by atoms with Crippen molar-refractivity contribution in [2.24, 2.45) is 34.5 Å². The molecule has 0 heterocycles. The van der Waals surface area contributed by atoms with E-state index < -0.39 is 29.8 Å². The molecule has 0 spiro atoms. The Hall–Kier alpha value is -0.200. The maximum atomic E-state index is 11.3. The molecule has 10 atom stereocenters. The Morgan fingerprint density at radius 3 is 2.46 bits per heavy atom. The van der Waals surface area contributed by atoms with Crippen LogP contribution in [0.3, 0.4) is 0 Å². The molecule has 0 radical (unpaired) electrons. The minimum Gasteiger partial charge on any atom is -0.394 e.